The number of ether oxygens (including phenoxy) is 2. The first-order chi connectivity index (χ1) is 13.1. The Morgan fingerprint density at radius 2 is 1.86 bits per heavy atom. The summed E-state index contributed by atoms with van der Waals surface area (Å²) in [5.74, 6) is -0.952. The van der Waals surface area contributed by atoms with E-state index < -0.39 is 5.97 Å². The van der Waals surface area contributed by atoms with E-state index in [1.165, 1.54) is 4.90 Å². The number of anilines is 1. The maximum absolute atomic E-state index is 12.6. The summed E-state index contributed by atoms with van der Waals surface area (Å²) in [5.41, 5.74) is 0.780. The van der Waals surface area contributed by atoms with Crippen molar-refractivity contribution in [3.8, 4) is 0 Å². The van der Waals surface area contributed by atoms with Gasteiger partial charge in [-0.05, 0) is 33.3 Å². The van der Waals surface area contributed by atoms with E-state index in [0.717, 1.165) is 29.3 Å². The normalized spacial score (nSPS) is 21.9. The average Bonchev–Trinajstić information content (AvgIpc) is 2.89. The van der Waals surface area contributed by atoms with E-state index in [1.807, 2.05) is 13.8 Å². The largest absolute Gasteiger partial charge is 0.462 e. The first-order valence-corrected chi connectivity index (χ1v) is 10.3. The van der Waals surface area contributed by atoms with Gasteiger partial charge in [0, 0.05) is 14.1 Å². The van der Waals surface area contributed by atoms with Crippen molar-refractivity contribution >= 4 is 34.1 Å². The molecule has 9 heteroatoms. The van der Waals surface area contributed by atoms with Gasteiger partial charge < -0.3 is 24.6 Å². The molecule has 1 aliphatic heterocycles. The fourth-order valence-corrected chi connectivity index (χ4v) is 4.62. The second-order valence-corrected chi connectivity index (χ2v) is 8.34. The SMILES string of the molecule is CCOC(=O)c1c(NC(=O)C[NH+]2C[C@@H](C)O[C@H](C)C2)sc(C(=O)N(C)C)c1C. The minimum atomic E-state index is -0.537. The molecule has 2 rings (SSSR count). The molecule has 0 saturated carbocycles. The highest BCUT2D eigenvalue weighted by Gasteiger charge is 2.30. The van der Waals surface area contributed by atoms with Gasteiger partial charge in [0.1, 0.15) is 30.3 Å². The minimum absolute atomic E-state index is 0.0925. The summed E-state index contributed by atoms with van der Waals surface area (Å²) >= 11 is 1.11. The van der Waals surface area contributed by atoms with Gasteiger partial charge in [-0.15, -0.1) is 11.3 Å². The zero-order chi connectivity index (χ0) is 21.0. The number of nitrogens with one attached hydrogen (secondary N) is 2. The summed E-state index contributed by atoms with van der Waals surface area (Å²) in [7, 11) is 3.29. The number of amides is 2. The average molecular weight is 413 g/mol. The van der Waals surface area contributed by atoms with Crippen LogP contribution in [0.25, 0.3) is 0 Å². The van der Waals surface area contributed by atoms with Crippen LogP contribution in [0.5, 0.6) is 0 Å². The summed E-state index contributed by atoms with van der Waals surface area (Å²) < 4.78 is 10.8. The molecule has 2 atom stereocenters. The van der Waals surface area contributed by atoms with Gasteiger partial charge in [-0.3, -0.25) is 9.59 Å². The molecule has 0 spiro atoms. The summed E-state index contributed by atoms with van der Waals surface area (Å²) in [6, 6.07) is 0. The highest BCUT2D eigenvalue weighted by atomic mass is 32.1. The van der Waals surface area contributed by atoms with Gasteiger partial charge in [-0.2, -0.15) is 0 Å². The fourth-order valence-electron chi connectivity index (χ4n) is 3.39. The number of carbonyl (C=O) groups is 3. The number of quaternary nitrogens is 1. The lowest BCUT2D eigenvalue weighted by Crippen LogP contribution is -3.16. The molecule has 28 heavy (non-hydrogen) atoms. The van der Waals surface area contributed by atoms with Crippen molar-refractivity contribution < 1.29 is 28.8 Å². The van der Waals surface area contributed by atoms with Crippen LogP contribution in [0.1, 0.15) is 46.4 Å². The van der Waals surface area contributed by atoms with Crippen LogP contribution in [0.4, 0.5) is 5.00 Å². The molecule has 1 aromatic rings. The van der Waals surface area contributed by atoms with Gasteiger partial charge in [-0.1, -0.05) is 0 Å². The number of hydrogen-bond acceptors (Lipinski definition) is 6. The Balaban J connectivity index is 2.22. The Morgan fingerprint density at radius 3 is 2.39 bits per heavy atom. The van der Waals surface area contributed by atoms with Crippen molar-refractivity contribution in [3.05, 3.63) is 16.0 Å². The monoisotopic (exact) mass is 412 g/mol. The second kappa shape index (κ2) is 9.49. The van der Waals surface area contributed by atoms with Gasteiger partial charge in [0.2, 0.25) is 0 Å². The molecular weight excluding hydrogens is 382 g/mol. The van der Waals surface area contributed by atoms with Crippen molar-refractivity contribution in [1.29, 1.82) is 0 Å². The quantitative estimate of drug-likeness (QED) is 0.667. The van der Waals surface area contributed by atoms with Crippen LogP contribution < -0.4 is 10.2 Å². The molecule has 2 N–H and O–H groups in total. The van der Waals surface area contributed by atoms with Gasteiger partial charge in [0.25, 0.3) is 11.8 Å². The Morgan fingerprint density at radius 1 is 1.25 bits per heavy atom. The predicted molar refractivity (Wildman–Crippen MR) is 107 cm³/mol. The predicted octanol–water partition coefficient (Wildman–Crippen LogP) is 0.566. The Labute approximate surface area is 169 Å². The van der Waals surface area contributed by atoms with Gasteiger partial charge in [-0.25, -0.2) is 4.79 Å². The Hall–Kier alpha value is -1.97. The maximum atomic E-state index is 12.6. The van der Waals surface area contributed by atoms with Gasteiger partial charge in [0.15, 0.2) is 6.54 Å². The third kappa shape index (κ3) is 5.30. The molecule has 2 heterocycles. The van der Waals surface area contributed by atoms with Crippen LogP contribution in [0.3, 0.4) is 0 Å². The van der Waals surface area contributed by atoms with Crippen molar-refractivity contribution in [3.63, 3.8) is 0 Å². The number of morpholine rings is 1. The van der Waals surface area contributed by atoms with Crippen molar-refractivity contribution in [2.75, 3.05) is 45.7 Å². The highest BCUT2D eigenvalue weighted by molar-refractivity contribution is 7.18. The highest BCUT2D eigenvalue weighted by Crippen LogP contribution is 2.34. The summed E-state index contributed by atoms with van der Waals surface area (Å²) in [6.45, 7) is 9.38. The van der Waals surface area contributed by atoms with E-state index in [-0.39, 0.29) is 42.7 Å². The summed E-state index contributed by atoms with van der Waals surface area (Å²) in [6.07, 6.45) is 0.185. The van der Waals surface area contributed by atoms with E-state index in [1.54, 1.807) is 27.9 Å². The number of carbonyl (C=O) groups excluding carboxylic acids is 3. The number of rotatable bonds is 6. The van der Waals surface area contributed by atoms with E-state index in [4.69, 9.17) is 9.47 Å². The van der Waals surface area contributed by atoms with E-state index >= 15 is 0 Å². The molecule has 1 aromatic heterocycles. The molecule has 1 saturated heterocycles. The van der Waals surface area contributed by atoms with E-state index in [0.29, 0.717) is 15.4 Å². The molecule has 0 aliphatic carbocycles. The molecule has 156 valence electrons. The zero-order valence-electron chi connectivity index (χ0n) is 17.4. The molecule has 0 unspecified atom stereocenters. The zero-order valence-corrected chi connectivity index (χ0v) is 18.2. The lowest BCUT2D eigenvalue weighted by molar-refractivity contribution is -0.907. The molecular formula is C19H30N3O5S+. The summed E-state index contributed by atoms with van der Waals surface area (Å²) in [4.78, 5) is 40.5. The molecule has 0 radical (unpaired) electrons. The second-order valence-electron chi connectivity index (χ2n) is 7.32. The lowest BCUT2D eigenvalue weighted by atomic mass is 10.1. The van der Waals surface area contributed by atoms with Gasteiger partial charge >= 0.3 is 5.97 Å². The number of esters is 1. The molecule has 1 fully saturated rings. The molecule has 8 nitrogen and oxygen atoms in total. The number of nitrogens with zero attached hydrogens (tertiary/aromatic N) is 1. The molecule has 2 amide bonds. The topological polar surface area (TPSA) is 89.4 Å². The molecule has 1 aliphatic rings. The number of thiophene rings is 1. The van der Waals surface area contributed by atoms with Crippen LogP contribution >= 0.6 is 11.3 Å². The van der Waals surface area contributed by atoms with Crippen molar-refractivity contribution in [2.24, 2.45) is 0 Å². The fraction of sp³-hybridized carbons (Fsp3) is 0.632. The standard InChI is InChI=1S/C19H29N3O5S/c1-7-26-19(25)15-13(4)16(18(24)21(5)6)28-17(15)20-14(23)10-22-8-11(2)27-12(3)9-22/h11-12H,7-10H2,1-6H3,(H,20,23)/p+1/t11-,12-/m1/s1. The molecule has 0 bridgehead atoms. The third-order valence-electron chi connectivity index (χ3n) is 4.51. The van der Waals surface area contributed by atoms with Crippen molar-refractivity contribution in [1.82, 2.24) is 4.90 Å². The van der Waals surface area contributed by atoms with Crippen LogP contribution in [-0.4, -0.2) is 75.2 Å². The Kier molecular flexibility index (Phi) is 7.56. The van der Waals surface area contributed by atoms with Crippen LogP contribution in [-0.2, 0) is 14.3 Å². The van der Waals surface area contributed by atoms with Crippen molar-refractivity contribution in [2.45, 2.75) is 39.9 Å². The smallest absolute Gasteiger partial charge is 0.341 e. The van der Waals surface area contributed by atoms with Crippen LogP contribution in [0.15, 0.2) is 0 Å². The first-order valence-electron chi connectivity index (χ1n) is 9.45. The van der Waals surface area contributed by atoms with E-state index in [9.17, 15) is 14.4 Å². The lowest BCUT2D eigenvalue weighted by Gasteiger charge is -2.31. The minimum Gasteiger partial charge on any atom is -0.462 e. The molecule has 0 aromatic carbocycles. The summed E-state index contributed by atoms with van der Waals surface area (Å²) in [5, 5.41) is 3.19. The Bertz CT molecular complexity index is 736. The number of hydrogen-bond donors (Lipinski definition) is 2. The van der Waals surface area contributed by atoms with Crippen LogP contribution in [0.2, 0.25) is 0 Å². The van der Waals surface area contributed by atoms with Crippen LogP contribution in [0, 0.1) is 6.92 Å². The van der Waals surface area contributed by atoms with E-state index in [2.05, 4.69) is 5.32 Å². The first kappa shape index (κ1) is 22.3. The third-order valence-corrected chi connectivity index (χ3v) is 5.70. The maximum Gasteiger partial charge on any atom is 0.341 e. The van der Waals surface area contributed by atoms with Gasteiger partial charge in [0.05, 0.1) is 17.0 Å².